The van der Waals surface area contributed by atoms with Gasteiger partial charge in [0.25, 0.3) is 5.91 Å². The molecule has 1 aromatic rings. The molecule has 9 nitrogen and oxygen atoms in total. The van der Waals surface area contributed by atoms with Gasteiger partial charge in [0.15, 0.2) is 5.84 Å². The highest BCUT2D eigenvalue weighted by molar-refractivity contribution is 7.51. The molecule has 0 bridgehead atoms. The first-order valence-corrected chi connectivity index (χ1v) is 9.05. The van der Waals surface area contributed by atoms with E-state index in [1.54, 1.807) is 20.8 Å². The van der Waals surface area contributed by atoms with Crippen LogP contribution in [0.3, 0.4) is 0 Å². The number of amides is 1. The Morgan fingerprint density at radius 3 is 2.48 bits per heavy atom. The Morgan fingerprint density at radius 2 is 2.00 bits per heavy atom. The van der Waals surface area contributed by atoms with E-state index in [0.29, 0.717) is 10.2 Å². The van der Waals surface area contributed by atoms with Gasteiger partial charge in [-0.25, -0.2) is 14.4 Å². The maximum atomic E-state index is 12.7. The van der Waals surface area contributed by atoms with E-state index in [1.807, 2.05) is 0 Å². The van der Waals surface area contributed by atoms with E-state index in [0.717, 1.165) is 0 Å². The number of nitrogens with zero attached hydrogens (tertiary/aromatic N) is 3. The molecule has 0 saturated heterocycles. The van der Waals surface area contributed by atoms with Crippen molar-refractivity contribution in [2.45, 2.75) is 33.2 Å². The fourth-order valence-corrected chi connectivity index (χ4v) is 3.24. The van der Waals surface area contributed by atoms with Crippen molar-refractivity contribution in [3.05, 3.63) is 29.1 Å². The lowest BCUT2D eigenvalue weighted by Gasteiger charge is -2.25. The number of carbonyl (C=O) groups excluding carboxylic acids is 2. The van der Waals surface area contributed by atoms with Gasteiger partial charge in [0.2, 0.25) is 0 Å². The molecule has 1 aliphatic rings. The number of hydrogen-bond acceptors (Lipinski definition) is 6. The second kappa shape index (κ2) is 6.33. The molecule has 0 radical (unpaired) electrons. The van der Waals surface area contributed by atoms with Crippen LogP contribution < -0.4 is 0 Å². The average molecular weight is 369 g/mol. The van der Waals surface area contributed by atoms with Crippen molar-refractivity contribution < 1.29 is 28.7 Å². The van der Waals surface area contributed by atoms with Crippen LogP contribution in [0.25, 0.3) is 0 Å². The van der Waals surface area contributed by atoms with Gasteiger partial charge >= 0.3 is 13.7 Å². The molecule has 2 rings (SSSR count). The van der Waals surface area contributed by atoms with Gasteiger partial charge in [0, 0.05) is 6.20 Å². The number of aryl methyl sites for hydroxylation is 1. The maximum absolute atomic E-state index is 12.7. The van der Waals surface area contributed by atoms with Crippen molar-refractivity contribution in [1.82, 2.24) is 9.65 Å². The zero-order valence-electron chi connectivity index (χ0n) is 14.5. The molecule has 0 aliphatic carbocycles. The highest BCUT2D eigenvalue weighted by atomic mass is 31.2. The minimum absolute atomic E-state index is 0.0273. The van der Waals surface area contributed by atoms with Crippen LogP contribution in [0.4, 0.5) is 0 Å². The molecule has 2 heterocycles. The first-order chi connectivity index (χ1) is 11.4. The highest BCUT2D eigenvalue weighted by Gasteiger charge is 2.53. The van der Waals surface area contributed by atoms with Crippen LogP contribution in [-0.2, 0) is 14.1 Å². The summed E-state index contributed by atoms with van der Waals surface area (Å²) in [4.78, 5) is 52.4. The number of methoxy groups -OCH3 is 1. The number of pyridine rings is 1. The standard InChI is InChI=1S/C15H20N3O6P/c1-8(2)15(4)14(20)18(25(21,22)23)12(17-15)11-10(13(19)24-5)6-9(3)7-16-11/h6-8H,1-5H3,(H2,21,22,23). The Morgan fingerprint density at radius 1 is 1.40 bits per heavy atom. The lowest BCUT2D eigenvalue weighted by Crippen LogP contribution is -2.42. The van der Waals surface area contributed by atoms with Crippen molar-refractivity contribution in [3.63, 3.8) is 0 Å². The minimum Gasteiger partial charge on any atom is -0.465 e. The van der Waals surface area contributed by atoms with Crippen molar-refractivity contribution in [1.29, 1.82) is 0 Å². The molecule has 10 heteroatoms. The third kappa shape index (κ3) is 3.22. The van der Waals surface area contributed by atoms with Crippen LogP contribution in [0.2, 0.25) is 0 Å². The summed E-state index contributed by atoms with van der Waals surface area (Å²) in [6.07, 6.45) is 1.41. The van der Waals surface area contributed by atoms with E-state index in [2.05, 4.69) is 9.98 Å². The van der Waals surface area contributed by atoms with E-state index >= 15 is 0 Å². The summed E-state index contributed by atoms with van der Waals surface area (Å²) >= 11 is 0. The summed E-state index contributed by atoms with van der Waals surface area (Å²) in [6, 6.07) is 1.46. The first kappa shape index (κ1) is 19.2. The maximum Gasteiger partial charge on any atom is 0.438 e. The predicted octanol–water partition coefficient (Wildman–Crippen LogP) is 1.27. The number of aliphatic imine (C=N–C) groups is 1. The number of esters is 1. The molecular formula is C15H20N3O6P. The summed E-state index contributed by atoms with van der Waals surface area (Å²) in [6.45, 7) is 6.61. The van der Waals surface area contributed by atoms with Gasteiger partial charge in [-0.3, -0.25) is 9.78 Å². The Kier molecular flexibility index (Phi) is 4.87. The van der Waals surface area contributed by atoms with E-state index in [1.165, 1.54) is 26.3 Å². The molecule has 25 heavy (non-hydrogen) atoms. The molecule has 1 aliphatic heterocycles. The lowest BCUT2D eigenvalue weighted by molar-refractivity contribution is -0.129. The highest BCUT2D eigenvalue weighted by Crippen LogP contribution is 2.48. The van der Waals surface area contributed by atoms with Crippen molar-refractivity contribution in [2.75, 3.05) is 7.11 Å². The van der Waals surface area contributed by atoms with Gasteiger partial charge in [-0.15, -0.1) is 0 Å². The number of hydrogen-bond donors (Lipinski definition) is 2. The van der Waals surface area contributed by atoms with E-state index in [9.17, 15) is 23.9 Å². The first-order valence-electron chi connectivity index (χ1n) is 7.49. The van der Waals surface area contributed by atoms with Crippen molar-refractivity contribution >= 4 is 25.5 Å². The molecule has 1 unspecified atom stereocenters. The summed E-state index contributed by atoms with van der Waals surface area (Å²) < 4.78 is 17.0. The summed E-state index contributed by atoms with van der Waals surface area (Å²) in [7, 11) is -3.84. The third-order valence-corrected chi connectivity index (χ3v) is 5.08. The predicted molar refractivity (Wildman–Crippen MR) is 89.0 cm³/mol. The van der Waals surface area contributed by atoms with Crippen LogP contribution in [0.1, 0.15) is 42.4 Å². The monoisotopic (exact) mass is 369 g/mol. The summed E-state index contributed by atoms with van der Waals surface area (Å²) in [5, 5.41) is 0. The largest absolute Gasteiger partial charge is 0.465 e. The Hall–Kier alpha value is -2.09. The van der Waals surface area contributed by atoms with E-state index in [4.69, 9.17) is 4.74 Å². The normalized spacial score (nSPS) is 20.9. The molecule has 1 aromatic heterocycles. The number of carbonyl (C=O) groups is 2. The molecule has 136 valence electrons. The molecular weight excluding hydrogens is 349 g/mol. The van der Waals surface area contributed by atoms with Crippen molar-refractivity contribution in [3.8, 4) is 0 Å². The van der Waals surface area contributed by atoms with Crippen LogP contribution in [0.5, 0.6) is 0 Å². The molecule has 0 spiro atoms. The SMILES string of the molecule is COC(=O)c1cc(C)cnc1C1=NC(C)(C(C)C)C(=O)N1P(=O)(O)O. The smallest absolute Gasteiger partial charge is 0.438 e. The van der Waals surface area contributed by atoms with Crippen LogP contribution in [0, 0.1) is 12.8 Å². The van der Waals surface area contributed by atoms with Gasteiger partial charge in [-0.1, -0.05) is 13.8 Å². The molecule has 2 N–H and O–H groups in total. The fourth-order valence-electron chi connectivity index (χ4n) is 2.41. The van der Waals surface area contributed by atoms with Crippen LogP contribution >= 0.6 is 7.75 Å². The summed E-state index contributed by atoms with van der Waals surface area (Å²) in [5.74, 6) is -2.26. The van der Waals surface area contributed by atoms with Crippen molar-refractivity contribution in [2.24, 2.45) is 10.9 Å². The fraction of sp³-hybridized carbons (Fsp3) is 0.467. The third-order valence-electron chi connectivity index (χ3n) is 4.19. The number of rotatable bonds is 4. The average Bonchev–Trinajstić information content (AvgIpc) is 2.79. The topological polar surface area (TPSA) is 129 Å². The lowest BCUT2D eigenvalue weighted by atomic mass is 9.89. The Labute approximate surface area is 144 Å². The minimum atomic E-state index is -5.02. The Balaban J connectivity index is 2.77. The van der Waals surface area contributed by atoms with E-state index < -0.39 is 25.2 Å². The number of aromatic nitrogens is 1. The van der Waals surface area contributed by atoms with Gasteiger partial charge in [0.05, 0.1) is 12.7 Å². The van der Waals surface area contributed by atoms with Gasteiger partial charge in [-0.05, 0) is 31.4 Å². The second-order valence-electron chi connectivity index (χ2n) is 6.27. The van der Waals surface area contributed by atoms with Gasteiger partial charge in [0.1, 0.15) is 11.2 Å². The van der Waals surface area contributed by atoms with Gasteiger partial charge in [-0.2, -0.15) is 4.67 Å². The number of amidine groups is 1. The quantitative estimate of drug-likeness (QED) is 0.604. The molecule has 0 fully saturated rings. The summed E-state index contributed by atoms with van der Waals surface area (Å²) in [5.41, 5.74) is -0.876. The molecule has 1 amide bonds. The second-order valence-corrected chi connectivity index (χ2v) is 7.69. The van der Waals surface area contributed by atoms with Gasteiger partial charge < -0.3 is 14.5 Å². The Bertz CT molecular complexity index is 815. The van der Waals surface area contributed by atoms with Crippen LogP contribution in [-0.4, -0.2) is 49.8 Å². The molecule has 0 saturated carbocycles. The van der Waals surface area contributed by atoms with E-state index in [-0.39, 0.29) is 23.0 Å². The zero-order chi connectivity index (χ0) is 19.2. The number of ether oxygens (including phenoxy) is 1. The molecule has 1 atom stereocenters. The molecule has 0 aromatic carbocycles. The zero-order valence-corrected chi connectivity index (χ0v) is 15.4. The van der Waals surface area contributed by atoms with Crippen LogP contribution in [0.15, 0.2) is 17.3 Å².